The number of ether oxygens (including phenoxy) is 1. The van der Waals surface area contributed by atoms with Crippen LogP contribution in [0.25, 0.3) is 5.69 Å². The molecule has 1 heterocycles. The Morgan fingerprint density at radius 2 is 1.74 bits per heavy atom. The maximum atomic E-state index is 12.4. The Bertz CT molecular complexity index is 940. The van der Waals surface area contributed by atoms with Crippen LogP contribution in [0.2, 0.25) is 0 Å². The highest BCUT2D eigenvalue weighted by atomic mass is 32.1. The van der Waals surface area contributed by atoms with E-state index in [-0.39, 0.29) is 10.8 Å². The molecule has 0 aliphatic rings. The summed E-state index contributed by atoms with van der Waals surface area (Å²) in [6, 6.07) is 16.6. The first-order valence-corrected chi connectivity index (χ1v) is 8.48. The molecular formula is C18H18N6O2S. The predicted molar refractivity (Wildman–Crippen MR) is 106 cm³/mol. The summed E-state index contributed by atoms with van der Waals surface area (Å²) in [5.41, 5.74) is 7.40. The molecule has 2 aromatic carbocycles. The van der Waals surface area contributed by atoms with Crippen molar-refractivity contribution < 1.29 is 9.53 Å². The van der Waals surface area contributed by atoms with Crippen LogP contribution in [-0.2, 0) is 0 Å². The van der Waals surface area contributed by atoms with Gasteiger partial charge in [-0.3, -0.25) is 15.6 Å². The molecule has 0 unspecified atom stereocenters. The lowest BCUT2D eigenvalue weighted by Crippen LogP contribution is -2.44. The SMILES string of the molecule is COc1ccc(NC(=S)NNC(=O)c2nn(-c3ccccc3)nc2C)cc1. The van der Waals surface area contributed by atoms with Crippen molar-refractivity contribution in [3.63, 3.8) is 0 Å². The van der Waals surface area contributed by atoms with Crippen molar-refractivity contribution in [3.8, 4) is 11.4 Å². The van der Waals surface area contributed by atoms with E-state index in [4.69, 9.17) is 17.0 Å². The standard InChI is InChI=1S/C18H18N6O2S/c1-12-16(23-24(22-12)14-6-4-3-5-7-14)17(25)20-21-18(27)19-13-8-10-15(26-2)11-9-13/h3-11H,1-2H3,(H,20,25)(H2,19,21,27). The van der Waals surface area contributed by atoms with Crippen LogP contribution in [-0.4, -0.2) is 33.1 Å². The number of amides is 1. The van der Waals surface area contributed by atoms with E-state index in [9.17, 15) is 4.79 Å². The van der Waals surface area contributed by atoms with Crippen molar-refractivity contribution in [2.45, 2.75) is 6.92 Å². The summed E-state index contributed by atoms with van der Waals surface area (Å²) < 4.78 is 5.10. The molecule has 1 amide bonds. The fourth-order valence-electron chi connectivity index (χ4n) is 2.27. The minimum atomic E-state index is -0.437. The van der Waals surface area contributed by atoms with Crippen LogP contribution in [0.3, 0.4) is 0 Å². The van der Waals surface area contributed by atoms with Crippen molar-refractivity contribution >= 4 is 28.9 Å². The number of carbonyl (C=O) groups is 1. The molecule has 3 rings (SSSR count). The van der Waals surface area contributed by atoms with Crippen molar-refractivity contribution in [1.82, 2.24) is 25.8 Å². The third-order valence-corrected chi connectivity index (χ3v) is 3.83. The molecule has 3 N–H and O–H groups in total. The molecule has 0 aliphatic carbocycles. The number of methoxy groups -OCH3 is 1. The van der Waals surface area contributed by atoms with E-state index in [1.54, 1.807) is 26.2 Å². The quantitative estimate of drug-likeness (QED) is 0.471. The second-order valence-corrected chi connectivity index (χ2v) is 5.93. The van der Waals surface area contributed by atoms with Crippen LogP contribution in [0.5, 0.6) is 5.75 Å². The van der Waals surface area contributed by atoms with Crippen LogP contribution in [0, 0.1) is 6.92 Å². The molecule has 0 bridgehead atoms. The molecule has 0 radical (unpaired) electrons. The number of thiocarbonyl (C=S) groups is 1. The number of anilines is 1. The van der Waals surface area contributed by atoms with Gasteiger partial charge in [0.05, 0.1) is 18.5 Å². The van der Waals surface area contributed by atoms with E-state index in [1.807, 2.05) is 42.5 Å². The predicted octanol–water partition coefficient (Wildman–Crippen LogP) is 2.22. The fraction of sp³-hybridized carbons (Fsp3) is 0.111. The number of hydrogen-bond acceptors (Lipinski definition) is 5. The van der Waals surface area contributed by atoms with Crippen LogP contribution >= 0.6 is 12.2 Å². The monoisotopic (exact) mass is 382 g/mol. The molecule has 0 aliphatic heterocycles. The van der Waals surface area contributed by atoms with Gasteiger partial charge in [0.25, 0.3) is 5.91 Å². The number of rotatable bonds is 4. The Hall–Kier alpha value is -3.46. The first kappa shape index (κ1) is 18.3. The summed E-state index contributed by atoms with van der Waals surface area (Å²) in [4.78, 5) is 13.8. The van der Waals surface area contributed by atoms with Crippen molar-refractivity contribution in [3.05, 3.63) is 66.0 Å². The Morgan fingerprint density at radius 3 is 2.41 bits per heavy atom. The van der Waals surface area contributed by atoms with E-state index in [2.05, 4.69) is 26.4 Å². The lowest BCUT2D eigenvalue weighted by molar-refractivity contribution is 0.0938. The number of nitrogens with one attached hydrogen (secondary N) is 3. The number of nitrogens with zero attached hydrogens (tertiary/aromatic N) is 3. The van der Waals surface area contributed by atoms with Gasteiger partial charge in [-0.25, -0.2) is 0 Å². The molecule has 1 aromatic heterocycles. The number of hydrogen-bond donors (Lipinski definition) is 3. The van der Waals surface area contributed by atoms with Crippen LogP contribution in [0.1, 0.15) is 16.2 Å². The van der Waals surface area contributed by atoms with E-state index >= 15 is 0 Å². The molecule has 0 fully saturated rings. The Kier molecular flexibility index (Phi) is 5.62. The van der Waals surface area contributed by atoms with Gasteiger partial charge in [0.1, 0.15) is 5.75 Å². The number of carbonyl (C=O) groups excluding carboxylic acids is 1. The van der Waals surface area contributed by atoms with Crippen LogP contribution in [0.15, 0.2) is 54.6 Å². The van der Waals surface area contributed by atoms with Crippen LogP contribution in [0.4, 0.5) is 5.69 Å². The summed E-state index contributed by atoms with van der Waals surface area (Å²) in [6.07, 6.45) is 0. The van der Waals surface area contributed by atoms with Gasteiger partial charge in [-0.2, -0.15) is 9.90 Å². The fourth-order valence-corrected chi connectivity index (χ4v) is 2.44. The number of aromatic nitrogens is 3. The van der Waals surface area contributed by atoms with E-state index in [1.165, 1.54) is 4.80 Å². The lowest BCUT2D eigenvalue weighted by atomic mass is 10.3. The van der Waals surface area contributed by atoms with Crippen molar-refractivity contribution in [2.75, 3.05) is 12.4 Å². The Labute approximate surface area is 161 Å². The number of para-hydroxylation sites is 1. The van der Waals surface area contributed by atoms with Gasteiger partial charge in [0, 0.05) is 5.69 Å². The molecule has 0 saturated heterocycles. The van der Waals surface area contributed by atoms with Crippen molar-refractivity contribution in [2.24, 2.45) is 0 Å². The molecular weight excluding hydrogens is 364 g/mol. The summed E-state index contributed by atoms with van der Waals surface area (Å²) in [7, 11) is 1.60. The lowest BCUT2D eigenvalue weighted by Gasteiger charge is -2.11. The minimum absolute atomic E-state index is 0.207. The van der Waals surface area contributed by atoms with Gasteiger partial charge in [-0.05, 0) is 55.5 Å². The largest absolute Gasteiger partial charge is 0.497 e. The summed E-state index contributed by atoms with van der Waals surface area (Å²) in [5.74, 6) is 0.304. The number of hydrazine groups is 1. The zero-order valence-corrected chi connectivity index (χ0v) is 15.6. The molecule has 0 spiro atoms. The summed E-state index contributed by atoms with van der Waals surface area (Å²) in [5, 5.41) is 11.7. The van der Waals surface area contributed by atoms with Gasteiger partial charge in [0.15, 0.2) is 10.8 Å². The molecule has 138 valence electrons. The van der Waals surface area contributed by atoms with Gasteiger partial charge < -0.3 is 10.1 Å². The zero-order chi connectivity index (χ0) is 19.2. The number of aryl methyl sites for hydroxylation is 1. The molecule has 0 atom stereocenters. The molecule has 0 saturated carbocycles. The summed E-state index contributed by atoms with van der Waals surface area (Å²) in [6.45, 7) is 1.72. The maximum absolute atomic E-state index is 12.4. The smallest absolute Gasteiger partial charge is 0.292 e. The highest BCUT2D eigenvalue weighted by Gasteiger charge is 2.16. The second kappa shape index (κ2) is 8.28. The zero-order valence-electron chi connectivity index (χ0n) is 14.8. The van der Waals surface area contributed by atoms with Crippen molar-refractivity contribution in [1.29, 1.82) is 0 Å². The average Bonchev–Trinajstić information content (AvgIpc) is 3.09. The van der Waals surface area contributed by atoms with Gasteiger partial charge in [0.2, 0.25) is 0 Å². The van der Waals surface area contributed by atoms with E-state index in [0.717, 1.165) is 17.1 Å². The molecule has 9 heteroatoms. The first-order valence-electron chi connectivity index (χ1n) is 8.07. The molecule has 27 heavy (non-hydrogen) atoms. The van der Waals surface area contributed by atoms with E-state index in [0.29, 0.717) is 5.69 Å². The third kappa shape index (κ3) is 4.59. The van der Waals surface area contributed by atoms with Gasteiger partial charge >= 0.3 is 0 Å². The first-order chi connectivity index (χ1) is 13.1. The molecule has 8 nitrogen and oxygen atoms in total. The topological polar surface area (TPSA) is 93.1 Å². The highest BCUT2D eigenvalue weighted by Crippen LogP contribution is 2.14. The Balaban J connectivity index is 1.59. The summed E-state index contributed by atoms with van der Waals surface area (Å²) >= 11 is 5.17. The normalized spacial score (nSPS) is 10.1. The number of benzene rings is 2. The third-order valence-electron chi connectivity index (χ3n) is 3.62. The molecule has 3 aromatic rings. The average molecular weight is 382 g/mol. The van der Waals surface area contributed by atoms with Crippen LogP contribution < -0.4 is 20.9 Å². The highest BCUT2D eigenvalue weighted by molar-refractivity contribution is 7.80. The maximum Gasteiger partial charge on any atom is 0.292 e. The minimum Gasteiger partial charge on any atom is -0.497 e. The van der Waals surface area contributed by atoms with E-state index < -0.39 is 5.91 Å². The Morgan fingerprint density at radius 1 is 1.04 bits per heavy atom. The van der Waals surface area contributed by atoms with Gasteiger partial charge in [-0.15, -0.1) is 5.10 Å². The van der Waals surface area contributed by atoms with Gasteiger partial charge in [-0.1, -0.05) is 18.2 Å². The second-order valence-electron chi connectivity index (χ2n) is 5.52.